The van der Waals surface area contributed by atoms with Crippen LogP contribution in [0.4, 0.5) is 11.9 Å². The van der Waals surface area contributed by atoms with Gasteiger partial charge < -0.3 is 36.0 Å². The second-order valence-corrected chi connectivity index (χ2v) is 11.1. The standard InChI is InChI=1S/C18H22Cl2N9O10P/c19-7-10(31)6(38-14(7)29-4-24-16(21)27-18(29)33)2-36-40(34,35)39-11-5(1-30)37-15(8(11)20)28-3-23-9-12(28)25-17(22)26-13(9)32/h3-8,10-11,14-15,30-31H,1-2H2,(H,34,35)(H2,21,27,33)(H3,22,25,26,32)/t5-,6-,7+,8+,10?,11?,14-,15-/m1/s1. The van der Waals surface area contributed by atoms with E-state index in [1.165, 1.54) is 10.9 Å². The number of ether oxygens (including phenoxy) is 2. The van der Waals surface area contributed by atoms with Crippen molar-refractivity contribution in [2.24, 2.45) is 0 Å². The molecule has 5 rings (SSSR count). The first-order valence-corrected chi connectivity index (χ1v) is 13.7. The number of phosphoric ester groups is 1. The number of nitrogen functional groups attached to an aromatic ring is 2. The third-order valence-electron chi connectivity index (χ3n) is 6.14. The number of halogens is 2. The highest BCUT2D eigenvalue weighted by molar-refractivity contribution is 7.47. The number of nitrogens with zero attached hydrogens (tertiary/aromatic N) is 6. The average Bonchev–Trinajstić information content (AvgIpc) is 3.53. The zero-order valence-corrected chi connectivity index (χ0v) is 22.3. The van der Waals surface area contributed by atoms with Gasteiger partial charge in [-0.15, -0.1) is 23.2 Å². The maximum atomic E-state index is 12.8. The largest absolute Gasteiger partial charge is 0.472 e. The first-order valence-electron chi connectivity index (χ1n) is 11.4. The van der Waals surface area contributed by atoms with Gasteiger partial charge >= 0.3 is 13.5 Å². The van der Waals surface area contributed by atoms with Crippen molar-refractivity contribution in [1.82, 2.24) is 34.1 Å². The minimum atomic E-state index is -4.94. The molecule has 2 fully saturated rings. The van der Waals surface area contributed by atoms with Gasteiger partial charge in [0.15, 0.2) is 23.6 Å². The van der Waals surface area contributed by atoms with Crippen LogP contribution in [-0.4, -0.2) is 97.5 Å². The second-order valence-electron chi connectivity index (χ2n) is 8.71. The van der Waals surface area contributed by atoms with E-state index in [0.717, 1.165) is 10.9 Å². The lowest BCUT2D eigenvalue weighted by atomic mass is 10.2. The second kappa shape index (κ2) is 10.9. The van der Waals surface area contributed by atoms with E-state index in [9.17, 15) is 29.3 Å². The molecule has 0 saturated carbocycles. The Hall–Kier alpha value is -2.71. The van der Waals surface area contributed by atoms with Crippen LogP contribution in [0.2, 0.25) is 0 Å². The lowest BCUT2D eigenvalue weighted by molar-refractivity contribution is -0.0567. The monoisotopic (exact) mass is 625 g/mol. The van der Waals surface area contributed by atoms with Crippen LogP contribution in [0.15, 0.2) is 22.2 Å². The number of anilines is 2. The SMILES string of the molecule is Nc1ncn([C@@H]2O[C@H](COP(=O)(O)OC3[C@@H](CO)O[C@@H](n4cnc5c(=O)[nH]c(N)nc54)[C@H]3Cl)C(O)[C@@H]2Cl)c(=O)n1. The number of rotatable bonds is 8. The minimum Gasteiger partial charge on any atom is -0.394 e. The molecule has 40 heavy (non-hydrogen) atoms. The van der Waals surface area contributed by atoms with E-state index < -0.39 is 79.9 Å². The molecule has 3 aromatic rings. The van der Waals surface area contributed by atoms with Crippen molar-refractivity contribution >= 4 is 54.1 Å². The molecule has 0 radical (unpaired) electrons. The van der Waals surface area contributed by atoms with Crippen molar-refractivity contribution in [2.45, 2.75) is 47.6 Å². The summed E-state index contributed by atoms with van der Waals surface area (Å²) in [6, 6.07) is 0. The predicted molar refractivity (Wildman–Crippen MR) is 134 cm³/mol. The molecule has 0 aromatic carbocycles. The Morgan fingerprint density at radius 1 is 1.07 bits per heavy atom. The number of aromatic amines is 1. The van der Waals surface area contributed by atoms with Crippen LogP contribution >= 0.6 is 31.0 Å². The molecule has 3 unspecified atom stereocenters. The summed E-state index contributed by atoms with van der Waals surface area (Å²) in [5, 5.41) is 17.9. The van der Waals surface area contributed by atoms with Crippen LogP contribution < -0.4 is 22.7 Å². The summed E-state index contributed by atoms with van der Waals surface area (Å²) in [5.74, 6) is -0.481. The Balaban J connectivity index is 1.28. The van der Waals surface area contributed by atoms with Crippen LogP contribution in [0.5, 0.6) is 0 Å². The summed E-state index contributed by atoms with van der Waals surface area (Å²) in [6.07, 6.45) is -5.51. The fourth-order valence-electron chi connectivity index (χ4n) is 4.27. The molecule has 0 amide bonds. The van der Waals surface area contributed by atoms with E-state index in [4.69, 9.17) is 53.2 Å². The van der Waals surface area contributed by atoms with Gasteiger partial charge in [0.2, 0.25) is 11.9 Å². The van der Waals surface area contributed by atoms with E-state index in [0.29, 0.717) is 0 Å². The molecular formula is C18H22Cl2N9O10P. The fraction of sp³-hybridized carbons (Fsp3) is 0.556. The lowest BCUT2D eigenvalue weighted by Crippen LogP contribution is -2.34. The highest BCUT2D eigenvalue weighted by Crippen LogP contribution is 2.50. The van der Waals surface area contributed by atoms with Crippen molar-refractivity contribution in [3.8, 4) is 0 Å². The number of hydrogen-bond donors (Lipinski definition) is 6. The molecule has 19 nitrogen and oxygen atoms in total. The quantitative estimate of drug-likeness (QED) is 0.114. The molecule has 22 heteroatoms. The Labute approximate surface area is 232 Å². The third kappa shape index (κ3) is 5.32. The van der Waals surface area contributed by atoms with Crippen LogP contribution in [0, 0.1) is 0 Å². The Morgan fingerprint density at radius 3 is 2.45 bits per heavy atom. The van der Waals surface area contributed by atoms with Crippen molar-refractivity contribution < 1.29 is 38.2 Å². The number of nitrogens with two attached hydrogens (primary N) is 2. The predicted octanol–water partition coefficient (Wildman–Crippen LogP) is -2.20. The van der Waals surface area contributed by atoms with Crippen LogP contribution in [0.25, 0.3) is 11.2 Å². The van der Waals surface area contributed by atoms with Crippen molar-refractivity contribution in [3.63, 3.8) is 0 Å². The van der Waals surface area contributed by atoms with Gasteiger partial charge in [0.25, 0.3) is 5.56 Å². The number of aliphatic hydroxyl groups excluding tert-OH is 2. The maximum Gasteiger partial charge on any atom is 0.472 e. The molecule has 0 bridgehead atoms. The molecule has 218 valence electrons. The first-order chi connectivity index (χ1) is 18.9. The summed E-state index contributed by atoms with van der Waals surface area (Å²) in [4.78, 5) is 52.0. The Bertz CT molecular complexity index is 1570. The van der Waals surface area contributed by atoms with Crippen LogP contribution in [0.1, 0.15) is 12.5 Å². The van der Waals surface area contributed by atoms with Gasteiger partial charge in [-0.1, -0.05) is 0 Å². The van der Waals surface area contributed by atoms with E-state index in [1.54, 1.807) is 0 Å². The number of imidazole rings is 1. The number of aliphatic hydroxyl groups is 2. The Kier molecular flexibility index (Phi) is 7.87. The highest BCUT2D eigenvalue weighted by atomic mass is 35.5. The molecule has 9 atom stereocenters. The van der Waals surface area contributed by atoms with Crippen molar-refractivity contribution in [2.75, 3.05) is 24.7 Å². The van der Waals surface area contributed by atoms with Gasteiger partial charge in [0.05, 0.1) is 19.5 Å². The number of aromatic nitrogens is 7. The zero-order valence-electron chi connectivity index (χ0n) is 19.9. The molecule has 2 aliphatic rings. The lowest BCUT2D eigenvalue weighted by Gasteiger charge is -2.23. The summed E-state index contributed by atoms with van der Waals surface area (Å²) in [7, 11) is -4.94. The first kappa shape index (κ1) is 28.8. The summed E-state index contributed by atoms with van der Waals surface area (Å²) >= 11 is 12.7. The fourth-order valence-corrected chi connectivity index (χ4v) is 6.05. The van der Waals surface area contributed by atoms with Gasteiger partial charge in [-0.2, -0.15) is 9.97 Å². The number of hydrogen-bond acceptors (Lipinski definition) is 15. The normalized spacial score (nSPS) is 32.0. The van der Waals surface area contributed by atoms with E-state index >= 15 is 0 Å². The number of nitrogens with one attached hydrogen (secondary N) is 1. The highest BCUT2D eigenvalue weighted by Gasteiger charge is 2.50. The molecule has 0 aliphatic carbocycles. The number of fused-ring (bicyclic) bond motifs is 1. The molecule has 2 aliphatic heterocycles. The molecule has 2 saturated heterocycles. The van der Waals surface area contributed by atoms with Gasteiger partial charge in [-0.05, 0) is 0 Å². The van der Waals surface area contributed by atoms with Crippen LogP contribution in [0.3, 0.4) is 0 Å². The average molecular weight is 626 g/mol. The summed E-state index contributed by atoms with van der Waals surface area (Å²) < 4.78 is 36.5. The number of alkyl halides is 2. The van der Waals surface area contributed by atoms with Gasteiger partial charge in [0.1, 0.15) is 41.5 Å². The molecule has 8 N–H and O–H groups in total. The Morgan fingerprint density at radius 2 is 1.75 bits per heavy atom. The van der Waals surface area contributed by atoms with Crippen LogP contribution in [-0.2, 0) is 23.1 Å². The number of phosphoric acid groups is 1. The molecule has 3 aromatic heterocycles. The molecule has 0 spiro atoms. The summed E-state index contributed by atoms with van der Waals surface area (Å²) in [6.45, 7) is -1.38. The molecule has 5 heterocycles. The van der Waals surface area contributed by atoms with E-state index in [-0.39, 0.29) is 23.1 Å². The van der Waals surface area contributed by atoms with Gasteiger partial charge in [0, 0.05) is 0 Å². The number of H-pyrrole nitrogens is 1. The van der Waals surface area contributed by atoms with Gasteiger partial charge in [-0.3, -0.25) is 28.0 Å². The summed E-state index contributed by atoms with van der Waals surface area (Å²) in [5.41, 5.74) is 9.47. The smallest absolute Gasteiger partial charge is 0.394 e. The maximum absolute atomic E-state index is 12.8. The third-order valence-corrected chi connectivity index (χ3v) is 8.06. The minimum absolute atomic E-state index is 0.0147. The molecular weight excluding hydrogens is 604 g/mol. The zero-order chi connectivity index (χ0) is 28.9. The van der Waals surface area contributed by atoms with Crippen molar-refractivity contribution in [3.05, 3.63) is 33.5 Å². The topological polar surface area (TPSA) is 278 Å². The van der Waals surface area contributed by atoms with Gasteiger partial charge in [-0.25, -0.2) is 19.3 Å². The van der Waals surface area contributed by atoms with Crippen molar-refractivity contribution in [1.29, 1.82) is 0 Å². The van der Waals surface area contributed by atoms with E-state index in [1.807, 2.05) is 0 Å². The van der Waals surface area contributed by atoms with E-state index in [2.05, 4.69) is 24.9 Å².